The van der Waals surface area contributed by atoms with Gasteiger partial charge in [0.25, 0.3) is 0 Å². The van der Waals surface area contributed by atoms with Crippen LogP contribution < -0.4 is 4.90 Å². The van der Waals surface area contributed by atoms with Crippen LogP contribution >= 0.6 is 0 Å². The third kappa shape index (κ3) is 3.46. The molecule has 0 bridgehead atoms. The van der Waals surface area contributed by atoms with Crippen LogP contribution in [0.25, 0.3) is 0 Å². The van der Waals surface area contributed by atoms with E-state index in [0.717, 1.165) is 49.9 Å². The first-order valence-electron chi connectivity index (χ1n) is 7.33. The second kappa shape index (κ2) is 6.20. The van der Waals surface area contributed by atoms with Gasteiger partial charge in [0.05, 0.1) is 0 Å². The predicted molar refractivity (Wildman–Crippen MR) is 79.8 cm³/mol. The summed E-state index contributed by atoms with van der Waals surface area (Å²) in [6.45, 7) is 11.2. The first-order valence-corrected chi connectivity index (χ1v) is 7.33. The van der Waals surface area contributed by atoms with E-state index in [1.807, 2.05) is 38.7 Å². The van der Waals surface area contributed by atoms with Crippen LogP contribution in [-0.2, 0) is 4.79 Å². The summed E-state index contributed by atoms with van der Waals surface area (Å²) in [6, 6.07) is 1.98. The third-order valence-corrected chi connectivity index (χ3v) is 3.55. The van der Waals surface area contributed by atoms with Gasteiger partial charge in [-0.3, -0.25) is 4.79 Å². The lowest BCUT2D eigenvalue weighted by atomic mass is 10.2. The van der Waals surface area contributed by atoms with Crippen LogP contribution in [0.2, 0.25) is 0 Å². The summed E-state index contributed by atoms with van der Waals surface area (Å²) in [5.41, 5.74) is 1.98. The van der Waals surface area contributed by atoms with E-state index in [0.29, 0.717) is 0 Å². The van der Waals surface area contributed by atoms with Gasteiger partial charge in [0.2, 0.25) is 11.9 Å². The smallest absolute Gasteiger partial charge is 0.225 e. The van der Waals surface area contributed by atoms with E-state index in [-0.39, 0.29) is 11.8 Å². The molecule has 20 heavy (non-hydrogen) atoms. The summed E-state index contributed by atoms with van der Waals surface area (Å²) in [6.07, 6.45) is 0.967. The summed E-state index contributed by atoms with van der Waals surface area (Å²) in [4.78, 5) is 25.3. The van der Waals surface area contributed by atoms with E-state index >= 15 is 0 Å². The number of aryl methyl sites for hydroxylation is 2. The highest BCUT2D eigenvalue weighted by Gasteiger charge is 2.22. The van der Waals surface area contributed by atoms with Gasteiger partial charge in [-0.2, -0.15) is 0 Å². The standard InChI is InChI=1S/C15H24N4O/c1-11(2)14(20)18-6-5-7-19(9-8-18)15-16-12(3)10-13(4)17-15/h10-11H,5-9H2,1-4H3. The van der Waals surface area contributed by atoms with E-state index in [4.69, 9.17) is 0 Å². The minimum absolute atomic E-state index is 0.0685. The van der Waals surface area contributed by atoms with E-state index in [9.17, 15) is 4.79 Å². The maximum atomic E-state index is 12.1. The zero-order valence-corrected chi connectivity index (χ0v) is 12.9. The Labute approximate surface area is 121 Å². The quantitative estimate of drug-likeness (QED) is 0.826. The van der Waals surface area contributed by atoms with Gasteiger partial charge in [-0.15, -0.1) is 0 Å². The van der Waals surface area contributed by atoms with Crippen molar-refractivity contribution in [3.05, 3.63) is 17.5 Å². The molecule has 0 aliphatic carbocycles. The molecule has 1 aliphatic rings. The molecule has 0 N–H and O–H groups in total. The van der Waals surface area contributed by atoms with Crippen molar-refractivity contribution >= 4 is 11.9 Å². The number of hydrogen-bond acceptors (Lipinski definition) is 4. The Balaban J connectivity index is 2.07. The van der Waals surface area contributed by atoms with E-state index in [1.54, 1.807) is 0 Å². The number of carbonyl (C=O) groups is 1. The first-order chi connectivity index (χ1) is 9.47. The van der Waals surface area contributed by atoms with Crippen LogP contribution in [0.5, 0.6) is 0 Å². The van der Waals surface area contributed by atoms with Gasteiger partial charge >= 0.3 is 0 Å². The summed E-state index contributed by atoms with van der Waals surface area (Å²) >= 11 is 0. The number of rotatable bonds is 2. The van der Waals surface area contributed by atoms with Gasteiger partial charge in [0, 0.05) is 43.5 Å². The van der Waals surface area contributed by atoms with Crippen molar-refractivity contribution in [3.63, 3.8) is 0 Å². The number of anilines is 1. The fourth-order valence-corrected chi connectivity index (χ4v) is 2.55. The van der Waals surface area contributed by atoms with Crippen molar-refractivity contribution in [2.75, 3.05) is 31.1 Å². The Morgan fingerprint density at radius 1 is 1.10 bits per heavy atom. The molecule has 0 atom stereocenters. The Kier molecular flexibility index (Phi) is 4.57. The van der Waals surface area contributed by atoms with Gasteiger partial charge in [0.15, 0.2) is 0 Å². The Hall–Kier alpha value is -1.65. The van der Waals surface area contributed by atoms with Crippen molar-refractivity contribution in [1.29, 1.82) is 0 Å². The minimum Gasteiger partial charge on any atom is -0.341 e. The molecule has 1 aromatic heterocycles. The summed E-state index contributed by atoms with van der Waals surface area (Å²) in [5, 5.41) is 0. The van der Waals surface area contributed by atoms with Crippen LogP contribution in [0.3, 0.4) is 0 Å². The largest absolute Gasteiger partial charge is 0.341 e. The van der Waals surface area contributed by atoms with Crippen LogP contribution in [0.15, 0.2) is 6.07 Å². The maximum Gasteiger partial charge on any atom is 0.225 e. The fourth-order valence-electron chi connectivity index (χ4n) is 2.55. The van der Waals surface area contributed by atoms with E-state index in [2.05, 4.69) is 14.9 Å². The van der Waals surface area contributed by atoms with Crippen LogP contribution in [0.4, 0.5) is 5.95 Å². The molecule has 1 fully saturated rings. The second-order valence-electron chi connectivity index (χ2n) is 5.77. The van der Waals surface area contributed by atoms with Crippen LogP contribution in [-0.4, -0.2) is 47.0 Å². The molecule has 0 aromatic carbocycles. The van der Waals surface area contributed by atoms with Gasteiger partial charge in [-0.1, -0.05) is 13.8 Å². The highest BCUT2D eigenvalue weighted by molar-refractivity contribution is 5.78. The minimum atomic E-state index is 0.0685. The number of nitrogens with zero attached hydrogens (tertiary/aromatic N) is 4. The monoisotopic (exact) mass is 276 g/mol. The molecule has 1 aliphatic heterocycles. The molecule has 1 aromatic rings. The number of carbonyl (C=O) groups excluding carboxylic acids is 1. The van der Waals surface area contributed by atoms with Crippen molar-refractivity contribution in [3.8, 4) is 0 Å². The summed E-state index contributed by atoms with van der Waals surface area (Å²) < 4.78 is 0. The molecule has 110 valence electrons. The Bertz CT molecular complexity index is 467. The fraction of sp³-hybridized carbons (Fsp3) is 0.667. The summed E-state index contributed by atoms with van der Waals surface area (Å²) in [7, 11) is 0. The lowest BCUT2D eigenvalue weighted by Gasteiger charge is -2.23. The molecule has 0 spiro atoms. The number of hydrogen-bond donors (Lipinski definition) is 0. The lowest BCUT2D eigenvalue weighted by Crippen LogP contribution is -2.37. The van der Waals surface area contributed by atoms with Gasteiger partial charge in [-0.05, 0) is 26.3 Å². The topological polar surface area (TPSA) is 49.3 Å². The maximum absolute atomic E-state index is 12.1. The second-order valence-corrected chi connectivity index (χ2v) is 5.77. The molecule has 0 radical (unpaired) electrons. The zero-order chi connectivity index (χ0) is 14.7. The zero-order valence-electron chi connectivity index (χ0n) is 12.9. The Morgan fingerprint density at radius 2 is 1.75 bits per heavy atom. The van der Waals surface area contributed by atoms with Crippen LogP contribution in [0.1, 0.15) is 31.7 Å². The summed E-state index contributed by atoms with van der Waals surface area (Å²) in [5.74, 6) is 1.11. The van der Waals surface area contributed by atoms with Gasteiger partial charge < -0.3 is 9.80 Å². The average molecular weight is 276 g/mol. The first kappa shape index (κ1) is 14.8. The van der Waals surface area contributed by atoms with E-state index < -0.39 is 0 Å². The van der Waals surface area contributed by atoms with Crippen molar-refractivity contribution in [2.45, 2.75) is 34.1 Å². The Morgan fingerprint density at radius 3 is 2.35 bits per heavy atom. The molecular formula is C15H24N4O. The number of aromatic nitrogens is 2. The van der Waals surface area contributed by atoms with Gasteiger partial charge in [0.1, 0.15) is 0 Å². The molecule has 1 amide bonds. The highest BCUT2D eigenvalue weighted by atomic mass is 16.2. The molecule has 0 saturated carbocycles. The van der Waals surface area contributed by atoms with Crippen molar-refractivity contribution in [2.24, 2.45) is 5.92 Å². The molecule has 5 nitrogen and oxygen atoms in total. The molecule has 5 heteroatoms. The lowest BCUT2D eigenvalue weighted by molar-refractivity contribution is -0.134. The normalized spacial score (nSPS) is 16.4. The predicted octanol–water partition coefficient (Wildman–Crippen LogP) is 1.79. The molecule has 2 heterocycles. The van der Waals surface area contributed by atoms with Crippen molar-refractivity contribution in [1.82, 2.24) is 14.9 Å². The molecule has 0 unspecified atom stereocenters. The molecule has 2 rings (SSSR count). The third-order valence-electron chi connectivity index (χ3n) is 3.55. The SMILES string of the molecule is Cc1cc(C)nc(N2CCCN(C(=O)C(C)C)CC2)n1. The van der Waals surface area contributed by atoms with E-state index in [1.165, 1.54) is 0 Å². The molecule has 1 saturated heterocycles. The highest BCUT2D eigenvalue weighted by Crippen LogP contribution is 2.14. The molecular weight excluding hydrogens is 252 g/mol. The van der Waals surface area contributed by atoms with Gasteiger partial charge in [-0.25, -0.2) is 9.97 Å². The number of amides is 1. The average Bonchev–Trinajstić information content (AvgIpc) is 2.62. The van der Waals surface area contributed by atoms with Crippen LogP contribution in [0, 0.1) is 19.8 Å². The van der Waals surface area contributed by atoms with Crippen molar-refractivity contribution < 1.29 is 4.79 Å².